The summed E-state index contributed by atoms with van der Waals surface area (Å²) in [5.41, 5.74) is 0.719. The fourth-order valence-electron chi connectivity index (χ4n) is 2.74. The minimum Gasteiger partial charge on any atom is -0.323 e. The topological polar surface area (TPSA) is 87.5 Å². The normalized spacial score (nSPS) is 16.4. The van der Waals surface area contributed by atoms with E-state index in [0.29, 0.717) is 26.1 Å². The third-order valence-corrected chi connectivity index (χ3v) is 5.94. The zero-order valence-electron chi connectivity index (χ0n) is 14.0. The van der Waals surface area contributed by atoms with E-state index in [1.54, 1.807) is 11.9 Å². The quantitative estimate of drug-likeness (QED) is 0.892. The molecule has 1 aromatic heterocycles. The number of anilines is 1. The number of urea groups is 1. The van der Waals surface area contributed by atoms with E-state index in [0.717, 1.165) is 5.69 Å². The van der Waals surface area contributed by atoms with Gasteiger partial charge < -0.3 is 10.2 Å². The lowest BCUT2D eigenvalue weighted by atomic mass is 10.3. The van der Waals surface area contributed by atoms with E-state index < -0.39 is 10.0 Å². The number of benzene rings is 1. The van der Waals surface area contributed by atoms with E-state index in [4.69, 9.17) is 0 Å². The highest BCUT2D eigenvalue weighted by atomic mass is 32.2. The molecular formula is C16H21N5O3S. The molecule has 0 aliphatic carbocycles. The van der Waals surface area contributed by atoms with Gasteiger partial charge in [0.05, 0.1) is 6.20 Å². The van der Waals surface area contributed by atoms with Crippen molar-refractivity contribution in [1.82, 2.24) is 19.0 Å². The van der Waals surface area contributed by atoms with Crippen LogP contribution in [0.15, 0.2) is 47.6 Å². The number of aromatic nitrogens is 2. The zero-order chi connectivity index (χ0) is 17.9. The van der Waals surface area contributed by atoms with Crippen LogP contribution < -0.4 is 5.32 Å². The number of nitrogens with one attached hydrogen (secondary N) is 1. The molecule has 0 bridgehead atoms. The molecule has 1 fully saturated rings. The minimum absolute atomic E-state index is 0.178. The van der Waals surface area contributed by atoms with Crippen LogP contribution in [0, 0.1) is 0 Å². The largest absolute Gasteiger partial charge is 0.323 e. The molecule has 1 saturated heterocycles. The van der Waals surface area contributed by atoms with Crippen molar-refractivity contribution in [3.05, 3.63) is 42.7 Å². The SMILES string of the molecule is Cn1cc(S(=O)(=O)N2CCCN(C(=O)Nc3ccccc3)CC2)cn1. The molecule has 0 spiro atoms. The van der Waals surface area contributed by atoms with Gasteiger partial charge in [-0.05, 0) is 18.6 Å². The maximum atomic E-state index is 12.7. The predicted octanol–water partition coefficient (Wildman–Crippen LogP) is 1.35. The molecule has 2 aromatic rings. The maximum absolute atomic E-state index is 12.7. The lowest BCUT2D eigenvalue weighted by molar-refractivity contribution is 0.214. The molecule has 1 N–H and O–H groups in total. The first-order valence-corrected chi connectivity index (χ1v) is 9.50. The van der Waals surface area contributed by atoms with Crippen molar-refractivity contribution in [1.29, 1.82) is 0 Å². The highest BCUT2D eigenvalue weighted by molar-refractivity contribution is 7.89. The second-order valence-corrected chi connectivity index (χ2v) is 7.83. The Bertz CT molecular complexity index is 834. The molecule has 1 aliphatic heterocycles. The fraction of sp³-hybridized carbons (Fsp3) is 0.375. The smallest absolute Gasteiger partial charge is 0.321 e. The van der Waals surface area contributed by atoms with Gasteiger partial charge in [0.2, 0.25) is 10.0 Å². The Morgan fingerprint density at radius 1 is 1.12 bits per heavy atom. The summed E-state index contributed by atoms with van der Waals surface area (Å²) >= 11 is 0. The molecule has 0 saturated carbocycles. The van der Waals surface area contributed by atoms with Gasteiger partial charge in [-0.25, -0.2) is 13.2 Å². The van der Waals surface area contributed by atoms with E-state index in [1.807, 2.05) is 30.3 Å². The number of rotatable bonds is 3. The van der Waals surface area contributed by atoms with Crippen molar-refractivity contribution in [3.63, 3.8) is 0 Å². The Kier molecular flexibility index (Phi) is 5.05. The first-order chi connectivity index (χ1) is 12.0. The summed E-state index contributed by atoms with van der Waals surface area (Å²) in [5.74, 6) is 0. The molecule has 25 heavy (non-hydrogen) atoms. The van der Waals surface area contributed by atoms with Crippen molar-refractivity contribution in [2.24, 2.45) is 7.05 Å². The van der Waals surface area contributed by atoms with E-state index in [2.05, 4.69) is 10.4 Å². The average Bonchev–Trinajstić information content (AvgIpc) is 2.89. The predicted molar refractivity (Wildman–Crippen MR) is 93.6 cm³/mol. The Hall–Kier alpha value is -2.39. The molecule has 9 heteroatoms. The number of amides is 2. The Balaban J connectivity index is 1.65. The van der Waals surface area contributed by atoms with Crippen molar-refractivity contribution in [2.45, 2.75) is 11.3 Å². The van der Waals surface area contributed by atoms with Crippen LogP contribution in [0.5, 0.6) is 0 Å². The zero-order valence-corrected chi connectivity index (χ0v) is 14.8. The van der Waals surface area contributed by atoms with Gasteiger partial charge in [0.15, 0.2) is 0 Å². The molecular weight excluding hydrogens is 342 g/mol. The van der Waals surface area contributed by atoms with Crippen LogP contribution >= 0.6 is 0 Å². The lowest BCUT2D eigenvalue weighted by Crippen LogP contribution is -2.39. The van der Waals surface area contributed by atoms with Crippen molar-refractivity contribution >= 4 is 21.7 Å². The molecule has 3 rings (SSSR count). The summed E-state index contributed by atoms with van der Waals surface area (Å²) in [6.45, 7) is 1.50. The number of hydrogen-bond acceptors (Lipinski definition) is 4. The van der Waals surface area contributed by atoms with Gasteiger partial charge in [-0.1, -0.05) is 18.2 Å². The highest BCUT2D eigenvalue weighted by Crippen LogP contribution is 2.17. The Morgan fingerprint density at radius 2 is 1.88 bits per heavy atom. The minimum atomic E-state index is -3.58. The van der Waals surface area contributed by atoms with Gasteiger partial charge in [-0.3, -0.25) is 4.68 Å². The molecule has 0 unspecified atom stereocenters. The van der Waals surface area contributed by atoms with E-state index in [-0.39, 0.29) is 17.5 Å². The summed E-state index contributed by atoms with van der Waals surface area (Å²) in [7, 11) is -1.90. The second-order valence-electron chi connectivity index (χ2n) is 5.89. The van der Waals surface area contributed by atoms with E-state index >= 15 is 0 Å². The van der Waals surface area contributed by atoms with Crippen LogP contribution in [0.2, 0.25) is 0 Å². The number of nitrogens with zero attached hydrogens (tertiary/aromatic N) is 4. The van der Waals surface area contributed by atoms with Crippen molar-refractivity contribution in [3.8, 4) is 0 Å². The first kappa shape index (κ1) is 17.4. The molecule has 1 aromatic carbocycles. The molecule has 1 aliphatic rings. The van der Waals surface area contributed by atoms with Gasteiger partial charge in [-0.2, -0.15) is 9.40 Å². The number of sulfonamides is 1. The summed E-state index contributed by atoms with van der Waals surface area (Å²) in [6.07, 6.45) is 3.42. The number of carbonyl (C=O) groups is 1. The third-order valence-electron chi connectivity index (χ3n) is 4.09. The van der Waals surface area contributed by atoms with Crippen molar-refractivity contribution in [2.75, 3.05) is 31.5 Å². The third kappa shape index (κ3) is 3.99. The van der Waals surface area contributed by atoms with Gasteiger partial charge in [0, 0.05) is 45.1 Å². The Morgan fingerprint density at radius 3 is 2.56 bits per heavy atom. The lowest BCUT2D eigenvalue weighted by Gasteiger charge is -2.22. The van der Waals surface area contributed by atoms with Gasteiger partial charge in [0.1, 0.15) is 4.90 Å². The number of carbonyl (C=O) groups excluding carboxylic acids is 1. The molecule has 134 valence electrons. The Labute approximate surface area is 147 Å². The second kappa shape index (κ2) is 7.24. The number of aryl methyl sites for hydroxylation is 1. The highest BCUT2D eigenvalue weighted by Gasteiger charge is 2.29. The number of para-hydroxylation sites is 1. The summed E-state index contributed by atoms with van der Waals surface area (Å²) in [6, 6.07) is 8.99. The van der Waals surface area contributed by atoms with Crippen LogP contribution in [0.1, 0.15) is 6.42 Å². The van der Waals surface area contributed by atoms with Crippen LogP contribution in [0.3, 0.4) is 0 Å². The van der Waals surface area contributed by atoms with Crippen LogP contribution in [0.25, 0.3) is 0 Å². The van der Waals surface area contributed by atoms with Gasteiger partial charge in [0.25, 0.3) is 0 Å². The first-order valence-electron chi connectivity index (χ1n) is 8.06. The van der Waals surface area contributed by atoms with Crippen LogP contribution in [-0.2, 0) is 17.1 Å². The van der Waals surface area contributed by atoms with Gasteiger partial charge in [-0.15, -0.1) is 0 Å². The molecule has 2 heterocycles. The standard InChI is InChI=1S/C16H21N5O3S/c1-19-13-15(12-17-19)25(23,24)21-9-5-8-20(10-11-21)16(22)18-14-6-3-2-4-7-14/h2-4,6-7,12-13H,5,8-11H2,1H3,(H,18,22). The molecule has 0 radical (unpaired) electrons. The summed E-state index contributed by atoms with van der Waals surface area (Å²) in [4.78, 5) is 14.2. The molecule has 2 amide bonds. The van der Waals surface area contributed by atoms with E-state index in [1.165, 1.54) is 21.4 Å². The monoisotopic (exact) mass is 363 g/mol. The summed E-state index contributed by atoms with van der Waals surface area (Å²) < 4.78 is 28.2. The molecule has 0 atom stereocenters. The fourth-order valence-corrected chi connectivity index (χ4v) is 4.20. The van der Waals surface area contributed by atoms with Gasteiger partial charge >= 0.3 is 6.03 Å². The average molecular weight is 363 g/mol. The maximum Gasteiger partial charge on any atom is 0.321 e. The number of hydrogen-bond donors (Lipinski definition) is 1. The van der Waals surface area contributed by atoms with Crippen LogP contribution in [0.4, 0.5) is 10.5 Å². The molecule has 8 nitrogen and oxygen atoms in total. The van der Waals surface area contributed by atoms with Crippen molar-refractivity contribution < 1.29 is 13.2 Å². The van der Waals surface area contributed by atoms with E-state index in [9.17, 15) is 13.2 Å². The van der Waals surface area contributed by atoms with Crippen LogP contribution in [-0.4, -0.2) is 59.6 Å². The summed E-state index contributed by atoms with van der Waals surface area (Å²) in [5, 5.41) is 6.76.